The molecule has 2 aromatic rings. The lowest BCUT2D eigenvalue weighted by atomic mass is 9.85. The van der Waals surface area contributed by atoms with Crippen molar-refractivity contribution in [2.75, 3.05) is 16.8 Å². The number of hydrogen-bond acceptors (Lipinski definition) is 6. The number of nitrogens with one attached hydrogen (secondary N) is 1. The summed E-state index contributed by atoms with van der Waals surface area (Å²) in [4.78, 5) is 54.5. The smallest absolute Gasteiger partial charge is 0.341 e. The van der Waals surface area contributed by atoms with Gasteiger partial charge in [0.05, 0.1) is 29.7 Å². The molecule has 4 aliphatic rings. The van der Waals surface area contributed by atoms with Gasteiger partial charge in [-0.3, -0.25) is 19.3 Å². The second-order valence-electron chi connectivity index (χ2n) is 10.3. The van der Waals surface area contributed by atoms with Crippen molar-refractivity contribution < 1.29 is 23.9 Å². The van der Waals surface area contributed by atoms with E-state index in [9.17, 15) is 19.2 Å². The van der Waals surface area contributed by atoms with Gasteiger partial charge in [0.2, 0.25) is 11.8 Å². The van der Waals surface area contributed by atoms with Gasteiger partial charge in [0.1, 0.15) is 5.00 Å². The highest BCUT2D eigenvalue weighted by Crippen LogP contribution is 2.53. The van der Waals surface area contributed by atoms with Crippen LogP contribution in [0.2, 0.25) is 0 Å². The number of ether oxygens (including phenoxy) is 1. The average Bonchev–Trinajstić information content (AvgIpc) is 3.61. The van der Waals surface area contributed by atoms with E-state index < -0.39 is 5.97 Å². The molecule has 0 unspecified atom stereocenters. The summed E-state index contributed by atoms with van der Waals surface area (Å²) in [6, 6.07) is 6.53. The van der Waals surface area contributed by atoms with Gasteiger partial charge in [-0.15, -0.1) is 11.3 Å². The molecule has 1 aliphatic heterocycles. The molecule has 2 heterocycles. The third kappa shape index (κ3) is 3.53. The van der Waals surface area contributed by atoms with E-state index in [1.165, 1.54) is 16.2 Å². The van der Waals surface area contributed by atoms with Gasteiger partial charge in [-0.05, 0) is 80.2 Å². The summed E-state index contributed by atoms with van der Waals surface area (Å²) < 4.78 is 5.30. The third-order valence-electron chi connectivity index (χ3n) is 8.07. The predicted octanol–water partition coefficient (Wildman–Crippen LogP) is 4.61. The SMILES string of the molecule is CCOC(=O)c1c(NC(=O)c2ccc(N3C(=O)[C@@H]4[C@H](C3=O)[C@@H]3C=C[C@H]4C3)cc2)sc2c1C[C@@H](C)CC2. The van der Waals surface area contributed by atoms with E-state index in [0.717, 1.165) is 36.1 Å². The number of imide groups is 1. The van der Waals surface area contributed by atoms with Crippen LogP contribution in [-0.2, 0) is 27.2 Å². The normalized spacial score (nSPS) is 27.8. The van der Waals surface area contributed by atoms with Crippen molar-refractivity contribution >= 4 is 45.7 Å². The predicted molar refractivity (Wildman–Crippen MR) is 136 cm³/mol. The lowest BCUT2D eigenvalue weighted by molar-refractivity contribution is -0.123. The minimum atomic E-state index is -0.408. The van der Waals surface area contributed by atoms with E-state index in [0.29, 0.717) is 27.7 Å². The van der Waals surface area contributed by atoms with E-state index in [1.807, 2.05) is 0 Å². The summed E-state index contributed by atoms with van der Waals surface area (Å²) in [5.41, 5.74) is 2.33. The van der Waals surface area contributed by atoms with Crippen molar-refractivity contribution in [3.8, 4) is 0 Å². The van der Waals surface area contributed by atoms with Crippen molar-refractivity contribution in [2.24, 2.45) is 29.6 Å². The van der Waals surface area contributed by atoms with Crippen LogP contribution in [0.5, 0.6) is 0 Å². The molecule has 1 aromatic carbocycles. The summed E-state index contributed by atoms with van der Waals surface area (Å²) >= 11 is 1.44. The molecule has 3 amide bonds. The first-order chi connectivity index (χ1) is 17.4. The Hall–Kier alpha value is -3.26. The molecule has 36 heavy (non-hydrogen) atoms. The number of hydrogen-bond donors (Lipinski definition) is 1. The first-order valence-electron chi connectivity index (χ1n) is 12.7. The zero-order chi connectivity index (χ0) is 25.1. The summed E-state index contributed by atoms with van der Waals surface area (Å²) in [5, 5.41) is 3.44. The van der Waals surface area contributed by atoms with Gasteiger partial charge in [-0.1, -0.05) is 19.1 Å². The summed E-state index contributed by atoms with van der Waals surface area (Å²) in [5.74, 6) is -0.786. The molecule has 0 radical (unpaired) electrons. The van der Waals surface area contributed by atoms with E-state index in [4.69, 9.17) is 4.74 Å². The Morgan fingerprint density at radius 3 is 2.39 bits per heavy atom. The van der Waals surface area contributed by atoms with Crippen molar-refractivity contribution in [3.05, 3.63) is 58.0 Å². The van der Waals surface area contributed by atoms with Crippen LogP contribution >= 0.6 is 11.3 Å². The van der Waals surface area contributed by atoms with Crippen LogP contribution in [0.4, 0.5) is 10.7 Å². The van der Waals surface area contributed by atoms with E-state index in [2.05, 4.69) is 24.4 Å². The Morgan fingerprint density at radius 1 is 1.08 bits per heavy atom. The molecule has 6 rings (SSSR count). The van der Waals surface area contributed by atoms with Gasteiger partial charge in [0.25, 0.3) is 5.91 Å². The van der Waals surface area contributed by atoms with Crippen LogP contribution in [0.15, 0.2) is 36.4 Å². The molecular formula is C28H28N2O5S. The molecule has 7 nitrogen and oxygen atoms in total. The highest BCUT2D eigenvalue weighted by molar-refractivity contribution is 7.17. The number of amides is 3. The van der Waals surface area contributed by atoms with Crippen LogP contribution in [0, 0.1) is 29.6 Å². The first kappa shape index (κ1) is 23.2. The maximum absolute atomic E-state index is 13.1. The number of anilines is 2. The summed E-state index contributed by atoms with van der Waals surface area (Å²) in [6.07, 6.45) is 7.76. The van der Waals surface area contributed by atoms with Crippen LogP contribution in [0.3, 0.4) is 0 Å². The molecule has 5 atom stereocenters. The Kier molecular flexibility index (Phi) is 5.59. The quantitative estimate of drug-likeness (QED) is 0.365. The van der Waals surface area contributed by atoms with Crippen molar-refractivity contribution in [2.45, 2.75) is 39.5 Å². The minimum absolute atomic E-state index is 0.142. The second kappa shape index (κ2) is 8.69. The lowest BCUT2D eigenvalue weighted by Gasteiger charge is -2.18. The Bertz CT molecular complexity index is 1280. The number of thiophene rings is 1. The number of carbonyl (C=O) groups is 4. The first-order valence-corrected chi connectivity index (χ1v) is 13.5. The van der Waals surface area contributed by atoms with Gasteiger partial charge in [0, 0.05) is 10.4 Å². The van der Waals surface area contributed by atoms with E-state index in [1.54, 1.807) is 31.2 Å². The monoisotopic (exact) mass is 504 g/mol. The minimum Gasteiger partial charge on any atom is -0.462 e. The number of carbonyl (C=O) groups excluding carboxylic acids is 4. The number of benzene rings is 1. The molecule has 1 aromatic heterocycles. The van der Waals surface area contributed by atoms with E-state index in [-0.39, 0.29) is 48.0 Å². The maximum atomic E-state index is 13.1. The van der Waals surface area contributed by atoms with Crippen LogP contribution in [-0.4, -0.2) is 30.3 Å². The highest BCUT2D eigenvalue weighted by atomic mass is 32.1. The zero-order valence-electron chi connectivity index (χ0n) is 20.3. The molecule has 1 saturated carbocycles. The van der Waals surface area contributed by atoms with Gasteiger partial charge >= 0.3 is 5.97 Å². The van der Waals surface area contributed by atoms with Crippen LogP contribution in [0.25, 0.3) is 0 Å². The molecule has 8 heteroatoms. The van der Waals surface area contributed by atoms with Crippen molar-refractivity contribution in [1.82, 2.24) is 0 Å². The van der Waals surface area contributed by atoms with Crippen LogP contribution in [0.1, 0.15) is 57.8 Å². The fraction of sp³-hybridized carbons (Fsp3) is 0.429. The van der Waals surface area contributed by atoms with E-state index >= 15 is 0 Å². The summed E-state index contributed by atoms with van der Waals surface area (Å²) in [6.45, 7) is 4.20. The van der Waals surface area contributed by atoms with Crippen LogP contribution < -0.4 is 10.2 Å². The largest absolute Gasteiger partial charge is 0.462 e. The topological polar surface area (TPSA) is 92.8 Å². The number of fused-ring (bicyclic) bond motifs is 6. The van der Waals surface area contributed by atoms with Gasteiger partial charge in [0.15, 0.2) is 0 Å². The maximum Gasteiger partial charge on any atom is 0.341 e. The zero-order valence-corrected chi connectivity index (χ0v) is 21.1. The number of allylic oxidation sites excluding steroid dienone is 2. The fourth-order valence-corrected chi connectivity index (χ4v) is 7.59. The molecule has 2 bridgehead atoms. The lowest BCUT2D eigenvalue weighted by Crippen LogP contribution is -2.32. The molecule has 0 spiro atoms. The fourth-order valence-electron chi connectivity index (χ4n) is 6.36. The molecule has 1 N–H and O–H groups in total. The van der Waals surface area contributed by atoms with Gasteiger partial charge in [-0.25, -0.2) is 4.79 Å². The Balaban J connectivity index is 1.22. The molecule has 3 aliphatic carbocycles. The Labute approximate surface area is 213 Å². The number of esters is 1. The molecule has 2 fully saturated rings. The van der Waals surface area contributed by atoms with Crippen molar-refractivity contribution in [3.63, 3.8) is 0 Å². The number of aryl methyl sites for hydroxylation is 1. The highest BCUT2D eigenvalue weighted by Gasteiger charge is 2.59. The average molecular weight is 505 g/mol. The number of rotatable bonds is 5. The van der Waals surface area contributed by atoms with Gasteiger partial charge in [-0.2, -0.15) is 0 Å². The van der Waals surface area contributed by atoms with Crippen molar-refractivity contribution in [1.29, 1.82) is 0 Å². The standard InChI is InChI=1S/C28H28N2O5S/c1-3-35-28(34)23-19-12-14(2)4-11-20(19)36-25(23)29-24(31)15-7-9-18(10-8-15)30-26(32)21-16-5-6-17(13-16)22(21)27(30)33/h5-10,14,16-17,21-22H,3-4,11-13H2,1-2H3,(H,29,31)/t14-,16-,17+,21-,22+/m0/s1. The molecule has 186 valence electrons. The summed E-state index contributed by atoms with van der Waals surface area (Å²) in [7, 11) is 0. The van der Waals surface area contributed by atoms with Gasteiger partial charge < -0.3 is 10.1 Å². The molecular weight excluding hydrogens is 476 g/mol. The second-order valence-corrected chi connectivity index (χ2v) is 11.4. The Morgan fingerprint density at radius 2 is 1.75 bits per heavy atom. The molecule has 1 saturated heterocycles. The third-order valence-corrected chi connectivity index (χ3v) is 9.28. The number of nitrogens with zero attached hydrogens (tertiary/aromatic N) is 1.